The van der Waals surface area contributed by atoms with Crippen molar-refractivity contribution >= 4 is 28.7 Å². The van der Waals surface area contributed by atoms with Gasteiger partial charge in [-0.3, -0.25) is 19.0 Å². The van der Waals surface area contributed by atoms with E-state index in [9.17, 15) is 14.4 Å². The minimum atomic E-state index is -0.541. The first-order valence-electron chi connectivity index (χ1n) is 9.65. The number of carbonyl (C=O) groups is 2. The molecule has 1 atom stereocenters. The Bertz CT molecular complexity index is 1200. The third-order valence-electron chi connectivity index (χ3n) is 5.31. The Labute approximate surface area is 172 Å². The van der Waals surface area contributed by atoms with Gasteiger partial charge in [0.1, 0.15) is 6.04 Å². The predicted octanol–water partition coefficient (Wildman–Crippen LogP) is 0.555. The number of aromatic nitrogens is 3. The van der Waals surface area contributed by atoms with E-state index in [-0.39, 0.29) is 17.4 Å². The van der Waals surface area contributed by atoms with Gasteiger partial charge in [0.05, 0.1) is 11.4 Å². The van der Waals surface area contributed by atoms with Gasteiger partial charge in [-0.25, -0.2) is 4.98 Å². The van der Waals surface area contributed by atoms with Gasteiger partial charge in [0.2, 0.25) is 11.9 Å². The van der Waals surface area contributed by atoms with E-state index in [1.165, 1.54) is 10.6 Å². The smallest absolute Gasteiger partial charge is 0.256 e. The molecule has 4 rings (SSSR count). The van der Waals surface area contributed by atoms with Crippen molar-refractivity contribution in [3.05, 3.63) is 58.0 Å². The number of rotatable bonds is 4. The molecule has 2 aromatic heterocycles. The first-order valence-corrected chi connectivity index (χ1v) is 9.65. The van der Waals surface area contributed by atoms with E-state index in [0.717, 1.165) is 5.39 Å². The summed E-state index contributed by atoms with van der Waals surface area (Å²) in [5, 5.41) is 3.95. The fourth-order valence-corrected chi connectivity index (χ4v) is 3.71. The summed E-state index contributed by atoms with van der Waals surface area (Å²) in [5.74, 6) is -0.105. The van der Waals surface area contributed by atoms with E-state index in [1.54, 1.807) is 37.3 Å². The summed E-state index contributed by atoms with van der Waals surface area (Å²) in [7, 11) is 0. The number of nitrogens with zero attached hydrogens (tertiary/aromatic N) is 4. The molecule has 9 nitrogen and oxygen atoms in total. The summed E-state index contributed by atoms with van der Waals surface area (Å²) < 4.78 is 1.48. The molecule has 0 radical (unpaired) electrons. The van der Waals surface area contributed by atoms with Crippen LogP contribution in [0.5, 0.6) is 0 Å². The number of piperazine rings is 1. The molecule has 1 saturated heterocycles. The van der Waals surface area contributed by atoms with Crippen LogP contribution >= 0.6 is 0 Å². The number of primary amides is 1. The lowest BCUT2D eigenvalue weighted by Crippen LogP contribution is -2.55. The Morgan fingerprint density at radius 1 is 1.13 bits per heavy atom. The maximum absolute atomic E-state index is 12.8. The highest BCUT2D eigenvalue weighted by molar-refractivity contribution is 5.93. The Kier molecular flexibility index (Phi) is 5.04. The van der Waals surface area contributed by atoms with Crippen molar-refractivity contribution in [3.63, 3.8) is 0 Å². The number of amides is 1. The van der Waals surface area contributed by atoms with Crippen LogP contribution < -0.4 is 21.5 Å². The second-order valence-electron chi connectivity index (χ2n) is 7.29. The fraction of sp³-hybridized carbons (Fsp3) is 0.286. The first kappa shape index (κ1) is 19.7. The van der Waals surface area contributed by atoms with Crippen LogP contribution in [0, 0.1) is 6.92 Å². The fourth-order valence-electron chi connectivity index (χ4n) is 3.71. The largest absolute Gasteiger partial charge is 0.366 e. The predicted molar refractivity (Wildman–Crippen MR) is 113 cm³/mol. The molecule has 1 unspecified atom stereocenters. The van der Waals surface area contributed by atoms with Crippen molar-refractivity contribution in [1.82, 2.24) is 19.9 Å². The molecule has 0 bridgehead atoms. The SMILES string of the molecule is CC(=O)C1CNCCN1c1nc(C)c2ccc(=O)n(-c3ccc(C(N)=O)cc3)c2n1. The molecule has 0 saturated carbocycles. The zero-order chi connectivity index (χ0) is 21.4. The van der Waals surface area contributed by atoms with E-state index >= 15 is 0 Å². The first-order chi connectivity index (χ1) is 14.4. The number of benzene rings is 1. The number of hydrogen-bond acceptors (Lipinski definition) is 7. The van der Waals surface area contributed by atoms with Gasteiger partial charge in [0.15, 0.2) is 11.4 Å². The zero-order valence-electron chi connectivity index (χ0n) is 16.8. The van der Waals surface area contributed by atoms with Crippen LogP contribution in [0.3, 0.4) is 0 Å². The number of ketones is 1. The number of pyridine rings is 1. The molecule has 3 aromatic rings. The van der Waals surface area contributed by atoms with Crippen LogP contribution in [0.1, 0.15) is 23.0 Å². The van der Waals surface area contributed by atoms with E-state index in [1.807, 2.05) is 11.8 Å². The molecular formula is C21H22N6O3. The lowest BCUT2D eigenvalue weighted by molar-refractivity contribution is -0.118. The molecule has 1 aliphatic rings. The average Bonchev–Trinajstić information content (AvgIpc) is 2.73. The van der Waals surface area contributed by atoms with Gasteiger partial charge in [-0.2, -0.15) is 4.98 Å². The molecule has 1 amide bonds. The molecule has 1 aromatic carbocycles. The van der Waals surface area contributed by atoms with Gasteiger partial charge < -0.3 is 16.0 Å². The molecular weight excluding hydrogens is 384 g/mol. The molecule has 1 aliphatic heterocycles. The Balaban J connectivity index is 1.91. The number of fused-ring (bicyclic) bond motifs is 1. The van der Waals surface area contributed by atoms with Crippen LogP contribution in [0.4, 0.5) is 5.95 Å². The highest BCUT2D eigenvalue weighted by atomic mass is 16.1. The van der Waals surface area contributed by atoms with Gasteiger partial charge in [0.25, 0.3) is 5.56 Å². The Morgan fingerprint density at radius 3 is 2.53 bits per heavy atom. The quantitative estimate of drug-likeness (QED) is 0.649. The maximum Gasteiger partial charge on any atom is 0.256 e. The van der Waals surface area contributed by atoms with Crippen LogP contribution in [0.2, 0.25) is 0 Å². The zero-order valence-corrected chi connectivity index (χ0v) is 16.8. The third-order valence-corrected chi connectivity index (χ3v) is 5.31. The molecule has 3 N–H and O–H groups in total. The minimum Gasteiger partial charge on any atom is -0.366 e. The van der Waals surface area contributed by atoms with E-state index in [0.29, 0.717) is 48.2 Å². The van der Waals surface area contributed by atoms with Crippen molar-refractivity contribution in [1.29, 1.82) is 0 Å². The Hall–Kier alpha value is -3.59. The van der Waals surface area contributed by atoms with Gasteiger partial charge in [-0.15, -0.1) is 0 Å². The van der Waals surface area contributed by atoms with E-state index in [4.69, 9.17) is 10.7 Å². The number of Topliss-reactive ketones (excluding diaryl/α,β-unsaturated/α-hetero) is 1. The van der Waals surface area contributed by atoms with Gasteiger partial charge in [-0.1, -0.05) is 0 Å². The average molecular weight is 406 g/mol. The monoisotopic (exact) mass is 406 g/mol. The molecule has 3 heterocycles. The summed E-state index contributed by atoms with van der Waals surface area (Å²) in [6.07, 6.45) is 0. The third kappa shape index (κ3) is 3.43. The molecule has 0 aliphatic carbocycles. The van der Waals surface area contributed by atoms with Crippen LogP contribution in [-0.2, 0) is 4.79 Å². The van der Waals surface area contributed by atoms with Gasteiger partial charge >= 0.3 is 0 Å². The second kappa shape index (κ2) is 7.68. The normalized spacial score (nSPS) is 16.6. The summed E-state index contributed by atoms with van der Waals surface area (Å²) in [6, 6.07) is 9.24. The summed E-state index contributed by atoms with van der Waals surface area (Å²) >= 11 is 0. The minimum absolute atomic E-state index is 0.0241. The lowest BCUT2D eigenvalue weighted by atomic mass is 10.1. The standard InChI is InChI=1S/C21H22N6O3/c1-12-16-7-8-18(29)27(15-5-3-14(4-6-15)19(22)30)20(16)25-21(24-12)26-10-9-23-11-17(26)13(2)28/h3-8,17,23H,9-11H2,1-2H3,(H2,22,30). The van der Waals surface area contributed by atoms with Gasteiger partial charge in [-0.05, 0) is 44.2 Å². The van der Waals surface area contributed by atoms with Crippen LogP contribution in [0.25, 0.3) is 16.7 Å². The van der Waals surface area contributed by atoms with Crippen molar-refractivity contribution < 1.29 is 9.59 Å². The van der Waals surface area contributed by atoms with E-state index < -0.39 is 5.91 Å². The molecule has 30 heavy (non-hydrogen) atoms. The molecule has 154 valence electrons. The number of nitrogens with one attached hydrogen (secondary N) is 1. The van der Waals surface area contributed by atoms with Crippen molar-refractivity contribution in [3.8, 4) is 5.69 Å². The topological polar surface area (TPSA) is 123 Å². The summed E-state index contributed by atoms with van der Waals surface area (Å²) in [5.41, 5.74) is 7.11. The molecule has 0 spiro atoms. The van der Waals surface area contributed by atoms with Crippen molar-refractivity contribution in [2.24, 2.45) is 5.73 Å². The summed E-state index contributed by atoms with van der Waals surface area (Å²) in [4.78, 5) is 47.4. The van der Waals surface area contributed by atoms with Crippen LogP contribution in [-0.4, -0.2) is 51.9 Å². The van der Waals surface area contributed by atoms with Gasteiger partial charge in [0, 0.05) is 36.7 Å². The Morgan fingerprint density at radius 2 is 1.87 bits per heavy atom. The molecule has 1 fully saturated rings. The van der Waals surface area contributed by atoms with Crippen molar-refractivity contribution in [2.45, 2.75) is 19.9 Å². The number of anilines is 1. The lowest BCUT2D eigenvalue weighted by Gasteiger charge is -2.34. The second-order valence-corrected chi connectivity index (χ2v) is 7.29. The number of carbonyl (C=O) groups excluding carboxylic acids is 2. The highest BCUT2D eigenvalue weighted by Crippen LogP contribution is 2.22. The summed E-state index contributed by atoms with van der Waals surface area (Å²) in [6.45, 7) is 5.21. The van der Waals surface area contributed by atoms with E-state index in [2.05, 4.69) is 10.3 Å². The van der Waals surface area contributed by atoms with Crippen molar-refractivity contribution in [2.75, 3.05) is 24.5 Å². The maximum atomic E-state index is 12.8. The number of aryl methyl sites for hydroxylation is 1. The molecule has 9 heteroatoms. The number of hydrogen-bond donors (Lipinski definition) is 2. The number of nitrogens with two attached hydrogens (primary N) is 1. The van der Waals surface area contributed by atoms with Crippen LogP contribution in [0.15, 0.2) is 41.2 Å². The highest BCUT2D eigenvalue weighted by Gasteiger charge is 2.28.